The first-order valence-corrected chi connectivity index (χ1v) is 7.17. The molecule has 1 aromatic carbocycles. The summed E-state index contributed by atoms with van der Waals surface area (Å²) in [5, 5.41) is 4.55. The van der Waals surface area contributed by atoms with Crippen LogP contribution in [0.15, 0.2) is 24.3 Å². The molecule has 128 valence electrons. The first-order chi connectivity index (χ1) is 10.4. The third-order valence-electron chi connectivity index (χ3n) is 2.78. The zero-order valence-corrected chi connectivity index (χ0v) is 13.4. The number of carbonyl (C=O) groups excluding carboxylic acids is 2. The maximum absolute atomic E-state index is 12.0. The molecule has 0 radical (unpaired) electrons. The minimum absolute atomic E-state index is 0.117. The summed E-state index contributed by atoms with van der Waals surface area (Å²) in [6.07, 6.45) is -4.20. The van der Waals surface area contributed by atoms with Crippen molar-refractivity contribution in [3.63, 3.8) is 0 Å². The van der Waals surface area contributed by atoms with Gasteiger partial charge in [0.2, 0.25) is 11.8 Å². The van der Waals surface area contributed by atoms with E-state index in [0.717, 1.165) is 0 Å². The second-order valence-corrected chi connectivity index (χ2v) is 6.55. The standard InChI is InChI=1S/C16H21F3N2O2/c1-15(2,3)9-14(23)21-12-6-4-11(5-7-12)8-13(22)20-10-16(17,18)19/h4-7H,8-10H2,1-3H3,(H,20,22)(H,21,23). The lowest BCUT2D eigenvalue weighted by Gasteiger charge is -2.17. The second-order valence-electron chi connectivity index (χ2n) is 6.55. The largest absolute Gasteiger partial charge is 0.405 e. The zero-order chi connectivity index (χ0) is 17.7. The van der Waals surface area contributed by atoms with Gasteiger partial charge in [-0.15, -0.1) is 0 Å². The van der Waals surface area contributed by atoms with Crippen LogP contribution in [-0.4, -0.2) is 24.5 Å². The highest BCUT2D eigenvalue weighted by atomic mass is 19.4. The van der Waals surface area contributed by atoms with Crippen molar-refractivity contribution in [3.8, 4) is 0 Å². The van der Waals surface area contributed by atoms with E-state index in [2.05, 4.69) is 5.32 Å². The molecule has 0 heterocycles. The van der Waals surface area contributed by atoms with Crippen LogP contribution in [0.3, 0.4) is 0 Å². The normalized spacial score (nSPS) is 11.9. The predicted octanol–water partition coefficient (Wildman–Crippen LogP) is 3.28. The van der Waals surface area contributed by atoms with Gasteiger partial charge in [-0.2, -0.15) is 13.2 Å². The number of nitrogens with one attached hydrogen (secondary N) is 2. The number of alkyl halides is 3. The van der Waals surface area contributed by atoms with Crippen LogP contribution < -0.4 is 10.6 Å². The molecular weight excluding hydrogens is 309 g/mol. The molecule has 23 heavy (non-hydrogen) atoms. The molecule has 4 nitrogen and oxygen atoms in total. The summed E-state index contributed by atoms with van der Waals surface area (Å²) in [4.78, 5) is 23.2. The molecule has 0 spiro atoms. The maximum atomic E-state index is 12.0. The topological polar surface area (TPSA) is 58.2 Å². The molecule has 0 aliphatic rings. The number of hydrogen-bond donors (Lipinski definition) is 2. The van der Waals surface area contributed by atoms with E-state index in [0.29, 0.717) is 17.7 Å². The molecule has 1 rings (SSSR count). The van der Waals surface area contributed by atoms with Crippen molar-refractivity contribution in [3.05, 3.63) is 29.8 Å². The molecule has 0 aromatic heterocycles. The summed E-state index contributed by atoms with van der Waals surface area (Å²) in [7, 11) is 0. The van der Waals surface area contributed by atoms with Crippen LogP contribution in [0, 0.1) is 5.41 Å². The van der Waals surface area contributed by atoms with Crippen LogP contribution in [0.2, 0.25) is 0 Å². The lowest BCUT2D eigenvalue weighted by atomic mass is 9.92. The average molecular weight is 330 g/mol. The summed E-state index contributed by atoms with van der Waals surface area (Å²) in [5.41, 5.74) is 1.03. The van der Waals surface area contributed by atoms with Gasteiger partial charge >= 0.3 is 6.18 Å². The van der Waals surface area contributed by atoms with E-state index >= 15 is 0 Å². The quantitative estimate of drug-likeness (QED) is 0.870. The molecule has 0 unspecified atom stereocenters. The fourth-order valence-corrected chi connectivity index (χ4v) is 1.84. The maximum Gasteiger partial charge on any atom is 0.405 e. The Hall–Kier alpha value is -2.05. The molecule has 0 aliphatic carbocycles. The Labute approximate surface area is 133 Å². The SMILES string of the molecule is CC(C)(C)CC(=O)Nc1ccc(CC(=O)NCC(F)(F)F)cc1. The highest BCUT2D eigenvalue weighted by molar-refractivity contribution is 5.91. The molecule has 1 aromatic rings. The van der Waals surface area contributed by atoms with Crippen LogP contribution in [-0.2, 0) is 16.0 Å². The van der Waals surface area contributed by atoms with Crippen molar-refractivity contribution in [2.24, 2.45) is 5.41 Å². The van der Waals surface area contributed by atoms with E-state index in [4.69, 9.17) is 0 Å². The Bertz CT molecular complexity index is 546. The number of benzene rings is 1. The van der Waals surface area contributed by atoms with E-state index in [-0.39, 0.29) is 17.7 Å². The van der Waals surface area contributed by atoms with Crippen LogP contribution in [0.5, 0.6) is 0 Å². The molecule has 0 bridgehead atoms. The summed E-state index contributed by atoms with van der Waals surface area (Å²) < 4.78 is 36.0. The Morgan fingerprint density at radius 3 is 2.04 bits per heavy atom. The molecule has 7 heteroatoms. The number of amides is 2. The van der Waals surface area contributed by atoms with Gasteiger partial charge in [-0.1, -0.05) is 32.9 Å². The van der Waals surface area contributed by atoms with Crippen molar-refractivity contribution in [2.45, 2.75) is 39.8 Å². The minimum atomic E-state index is -4.42. The first kappa shape index (κ1) is 19.0. The molecule has 2 amide bonds. The number of hydrogen-bond acceptors (Lipinski definition) is 2. The van der Waals surface area contributed by atoms with Crippen molar-refractivity contribution >= 4 is 17.5 Å². The number of rotatable bonds is 5. The monoisotopic (exact) mass is 330 g/mol. The zero-order valence-electron chi connectivity index (χ0n) is 13.4. The van der Waals surface area contributed by atoms with Crippen molar-refractivity contribution in [2.75, 3.05) is 11.9 Å². The second kappa shape index (κ2) is 7.48. The van der Waals surface area contributed by atoms with Crippen molar-refractivity contribution in [1.82, 2.24) is 5.32 Å². The summed E-state index contributed by atoms with van der Waals surface area (Å²) >= 11 is 0. The van der Waals surface area contributed by atoms with Crippen molar-refractivity contribution in [1.29, 1.82) is 0 Å². The summed E-state index contributed by atoms with van der Waals surface area (Å²) in [5.74, 6) is -0.819. The Morgan fingerprint density at radius 1 is 1.00 bits per heavy atom. The van der Waals surface area contributed by atoms with E-state index in [1.54, 1.807) is 24.3 Å². The Balaban J connectivity index is 2.50. The van der Waals surface area contributed by atoms with Gasteiger partial charge in [0.05, 0.1) is 6.42 Å². The molecular formula is C16H21F3N2O2. The van der Waals surface area contributed by atoms with Gasteiger partial charge in [0.25, 0.3) is 0 Å². The first-order valence-electron chi connectivity index (χ1n) is 7.17. The van der Waals surface area contributed by atoms with Crippen LogP contribution in [0.4, 0.5) is 18.9 Å². The van der Waals surface area contributed by atoms with Gasteiger partial charge < -0.3 is 10.6 Å². The molecule has 0 saturated heterocycles. The Kier molecular flexibility index (Phi) is 6.18. The van der Waals surface area contributed by atoms with Gasteiger partial charge in [-0.3, -0.25) is 9.59 Å². The number of halogens is 3. The van der Waals surface area contributed by atoms with Crippen LogP contribution in [0.25, 0.3) is 0 Å². The number of carbonyl (C=O) groups is 2. The lowest BCUT2D eigenvalue weighted by molar-refractivity contribution is -0.138. The van der Waals surface area contributed by atoms with Crippen LogP contribution >= 0.6 is 0 Å². The van der Waals surface area contributed by atoms with Crippen molar-refractivity contribution < 1.29 is 22.8 Å². The van der Waals surface area contributed by atoms with Gasteiger partial charge in [0.1, 0.15) is 6.54 Å². The molecule has 2 N–H and O–H groups in total. The smallest absolute Gasteiger partial charge is 0.347 e. The third kappa shape index (κ3) is 8.85. The molecule has 0 aliphatic heterocycles. The third-order valence-corrected chi connectivity index (χ3v) is 2.78. The van der Waals surface area contributed by atoms with E-state index in [1.807, 2.05) is 26.1 Å². The summed E-state index contributed by atoms with van der Waals surface area (Å²) in [6, 6.07) is 6.43. The average Bonchev–Trinajstić information content (AvgIpc) is 2.36. The van der Waals surface area contributed by atoms with Gasteiger partial charge in [-0.25, -0.2) is 0 Å². The summed E-state index contributed by atoms with van der Waals surface area (Å²) in [6.45, 7) is 4.52. The van der Waals surface area contributed by atoms with Gasteiger partial charge in [0.15, 0.2) is 0 Å². The minimum Gasteiger partial charge on any atom is -0.347 e. The van der Waals surface area contributed by atoms with E-state index in [1.165, 1.54) is 0 Å². The van der Waals surface area contributed by atoms with E-state index in [9.17, 15) is 22.8 Å². The lowest BCUT2D eigenvalue weighted by Crippen LogP contribution is -2.34. The fourth-order valence-electron chi connectivity index (χ4n) is 1.84. The Morgan fingerprint density at radius 2 is 1.57 bits per heavy atom. The van der Waals surface area contributed by atoms with E-state index < -0.39 is 18.6 Å². The highest BCUT2D eigenvalue weighted by Crippen LogP contribution is 2.20. The molecule has 0 atom stereocenters. The van der Waals surface area contributed by atoms with Crippen LogP contribution in [0.1, 0.15) is 32.8 Å². The molecule has 0 fully saturated rings. The highest BCUT2D eigenvalue weighted by Gasteiger charge is 2.27. The molecule has 0 saturated carbocycles. The predicted molar refractivity (Wildman–Crippen MR) is 81.9 cm³/mol. The fraction of sp³-hybridized carbons (Fsp3) is 0.500. The van der Waals surface area contributed by atoms with Gasteiger partial charge in [-0.05, 0) is 23.1 Å². The number of anilines is 1. The van der Waals surface area contributed by atoms with Gasteiger partial charge in [0, 0.05) is 12.1 Å².